The van der Waals surface area contributed by atoms with Crippen LogP contribution < -0.4 is 22.3 Å². The molecule has 0 saturated heterocycles. The predicted octanol–water partition coefficient (Wildman–Crippen LogP) is -0.382. The lowest BCUT2D eigenvalue weighted by atomic mass is 10.2. The van der Waals surface area contributed by atoms with E-state index in [0.29, 0.717) is 0 Å². The SMILES string of the molecule is CCOC(=O)c1ccccc1NC(=O)COC(=O)c1[nH]c(=O)[nH]c(=O)c1N. The van der Waals surface area contributed by atoms with Crippen LogP contribution in [0.25, 0.3) is 0 Å². The second-order valence-corrected chi connectivity index (χ2v) is 5.09. The minimum atomic E-state index is -1.16. The molecule has 0 unspecified atom stereocenters. The summed E-state index contributed by atoms with van der Waals surface area (Å²) in [5.41, 5.74) is 2.67. The number of hydrogen-bond donors (Lipinski definition) is 4. The lowest BCUT2D eigenvalue weighted by Gasteiger charge is -2.10. The molecule has 0 aliphatic rings. The fourth-order valence-electron chi connectivity index (χ4n) is 2.03. The Morgan fingerprint density at radius 2 is 1.78 bits per heavy atom. The van der Waals surface area contributed by atoms with Gasteiger partial charge >= 0.3 is 17.6 Å². The minimum Gasteiger partial charge on any atom is -0.462 e. The summed E-state index contributed by atoms with van der Waals surface area (Å²) in [4.78, 5) is 62.2. The van der Waals surface area contributed by atoms with Gasteiger partial charge in [0.15, 0.2) is 12.3 Å². The normalized spacial score (nSPS) is 10.1. The summed E-state index contributed by atoms with van der Waals surface area (Å²) in [5.74, 6) is -2.55. The Balaban J connectivity index is 2.06. The van der Waals surface area contributed by atoms with Crippen molar-refractivity contribution in [1.29, 1.82) is 0 Å². The van der Waals surface area contributed by atoms with Crippen LogP contribution in [0.3, 0.4) is 0 Å². The quantitative estimate of drug-likeness (QED) is 0.493. The van der Waals surface area contributed by atoms with Gasteiger partial charge in [0.2, 0.25) is 0 Å². The zero-order chi connectivity index (χ0) is 20.0. The summed E-state index contributed by atoms with van der Waals surface area (Å²) in [5, 5.41) is 2.41. The van der Waals surface area contributed by atoms with Crippen molar-refractivity contribution in [1.82, 2.24) is 9.97 Å². The third kappa shape index (κ3) is 4.81. The Bertz CT molecular complexity index is 993. The largest absolute Gasteiger partial charge is 0.462 e. The lowest BCUT2D eigenvalue weighted by Crippen LogP contribution is -2.30. The van der Waals surface area contributed by atoms with Crippen LogP contribution in [0.2, 0.25) is 0 Å². The standard InChI is InChI=1S/C16H16N4O7/c1-2-26-14(23)8-5-3-4-6-9(8)18-10(21)7-27-15(24)12-11(17)13(22)20-16(25)19-12/h3-6H,2,7,17H2,1H3,(H,18,21)(H2,19,20,22,25). The van der Waals surface area contributed by atoms with Gasteiger partial charge in [-0.15, -0.1) is 0 Å². The minimum absolute atomic E-state index is 0.127. The molecule has 0 aliphatic heterocycles. The van der Waals surface area contributed by atoms with Crippen LogP contribution >= 0.6 is 0 Å². The molecule has 2 rings (SSSR count). The first-order chi connectivity index (χ1) is 12.8. The average Bonchev–Trinajstić information content (AvgIpc) is 2.63. The summed E-state index contributed by atoms with van der Waals surface area (Å²) in [6.45, 7) is 1.06. The van der Waals surface area contributed by atoms with Gasteiger partial charge < -0.3 is 20.5 Å². The van der Waals surface area contributed by atoms with Gasteiger partial charge in [0.1, 0.15) is 5.69 Å². The molecule has 0 atom stereocenters. The van der Waals surface area contributed by atoms with E-state index in [9.17, 15) is 24.0 Å². The van der Waals surface area contributed by atoms with Crippen LogP contribution in [-0.4, -0.2) is 41.0 Å². The van der Waals surface area contributed by atoms with Gasteiger partial charge in [-0.3, -0.25) is 19.6 Å². The molecule has 0 spiro atoms. The van der Waals surface area contributed by atoms with E-state index in [-0.39, 0.29) is 17.9 Å². The van der Waals surface area contributed by atoms with Crippen molar-refractivity contribution in [2.75, 3.05) is 24.3 Å². The van der Waals surface area contributed by atoms with Crippen molar-refractivity contribution in [2.45, 2.75) is 6.92 Å². The molecular formula is C16H16N4O7. The molecule has 0 bridgehead atoms. The molecule has 27 heavy (non-hydrogen) atoms. The number of para-hydroxylation sites is 1. The molecule has 11 nitrogen and oxygen atoms in total. The molecule has 2 aromatic rings. The van der Waals surface area contributed by atoms with Crippen molar-refractivity contribution >= 4 is 29.2 Å². The average molecular weight is 376 g/mol. The van der Waals surface area contributed by atoms with E-state index >= 15 is 0 Å². The van der Waals surface area contributed by atoms with E-state index in [1.165, 1.54) is 12.1 Å². The number of amides is 1. The number of anilines is 2. The van der Waals surface area contributed by atoms with Crippen LogP contribution in [0.4, 0.5) is 11.4 Å². The molecule has 0 saturated carbocycles. The summed E-state index contributed by atoms with van der Waals surface area (Å²) >= 11 is 0. The highest BCUT2D eigenvalue weighted by atomic mass is 16.5. The van der Waals surface area contributed by atoms with Crippen molar-refractivity contribution in [3.63, 3.8) is 0 Å². The lowest BCUT2D eigenvalue weighted by molar-refractivity contribution is -0.119. The zero-order valence-corrected chi connectivity index (χ0v) is 14.2. The molecule has 0 fully saturated rings. The van der Waals surface area contributed by atoms with Gasteiger partial charge in [-0.05, 0) is 19.1 Å². The third-order valence-corrected chi connectivity index (χ3v) is 3.21. The first kappa shape index (κ1) is 19.4. The topological polar surface area (TPSA) is 173 Å². The van der Waals surface area contributed by atoms with Crippen molar-refractivity contribution in [3.05, 3.63) is 56.4 Å². The maximum absolute atomic E-state index is 12.0. The van der Waals surface area contributed by atoms with Crippen molar-refractivity contribution in [3.8, 4) is 0 Å². The number of rotatable bonds is 6. The van der Waals surface area contributed by atoms with Gasteiger partial charge in [-0.25, -0.2) is 14.4 Å². The van der Waals surface area contributed by atoms with Crippen molar-refractivity contribution < 1.29 is 23.9 Å². The summed E-state index contributed by atoms with van der Waals surface area (Å²) in [6, 6.07) is 6.11. The van der Waals surface area contributed by atoms with E-state index in [2.05, 4.69) is 5.32 Å². The van der Waals surface area contributed by atoms with Crippen LogP contribution in [0, 0.1) is 0 Å². The van der Waals surface area contributed by atoms with Gasteiger partial charge in [0.25, 0.3) is 11.5 Å². The molecule has 1 aromatic carbocycles. The number of esters is 2. The summed E-state index contributed by atoms with van der Waals surface area (Å²) in [7, 11) is 0. The van der Waals surface area contributed by atoms with Gasteiger partial charge in [0, 0.05) is 0 Å². The molecule has 1 heterocycles. The number of nitrogen functional groups attached to an aromatic ring is 1. The van der Waals surface area contributed by atoms with E-state index in [1.54, 1.807) is 19.1 Å². The first-order valence-corrected chi connectivity index (χ1v) is 7.68. The van der Waals surface area contributed by atoms with Gasteiger partial charge in [0.05, 0.1) is 17.9 Å². The highest BCUT2D eigenvalue weighted by molar-refractivity contribution is 6.02. The van der Waals surface area contributed by atoms with Crippen molar-refractivity contribution in [2.24, 2.45) is 0 Å². The molecule has 142 valence electrons. The van der Waals surface area contributed by atoms with E-state index in [0.717, 1.165) is 0 Å². The number of carbonyl (C=O) groups is 3. The number of aromatic amines is 2. The van der Waals surface area contributed by atoms with Crippen LogP contribution in [0.15, 0.2) is 33.9 Å². The molecule has 5 N–H and O–H groups in total. The Kier molecular flexibility index (Phi) is 6.10. The number of benzene rings is 1. The van der Waals surface area contributed by atoms with Gasteiger partial charge in [-0.1, -0.05) is 12.1 Å². The molecule has 0 aliphatic carbocycles. The number of aromatic nitrogens is 2. The van der Waals surface area contributed by atoms with E-state index in [1.807, 2.05) is 9.97 Å². The third-order valence-electron chi connectivity index (χ3n) is 3.21. The highest BCUT2D eigenvalue weighted by Crippen LogP contribution is 2.16. The molecule has 1 aromatic heterocycles. The van der Waals surface area contributed by atoms with Crippen LogP contribution in [0.1, 0.15) is 27.8 Å². The molecule has 11 heteroatoms. The number of ether oxygens (including phenoxy) is 2. The summed E-state index contributed by atoms with van der Waals surface area (Å²) in [6.07, 6.45) is 0. The monoisotopic (exact) mass is 376 g/mol. The maximum Gasteiger partial charge on any atom is 0.357 e. The molecular weight excluding hydrogens is 360 g/mol. The number of nitrogens with two attached hydrogens (primary N) is 1. The number of carbonyl (C=O) groups excluding carboxylic acids is 3. The Labute approximate surface area is 151 Å². The van der Waals surface area contributed by atoms with Gasteiger partial charge in [-0.2, -0.15) is 0 Å². The summed E-state index contributed by atoms with van der Waals surface area (Å²) < 4.78 is 9.62. The van der Waals surface area contributed by atoms with Crippen LogP contribution in [-0.2, 0) is 14.3 Å². The van der Waals surface area contributed by atoms with E-state index < -0.39 is 47.1 Å². The molecule has 1 amide bonds. The second-order valence-electron chi connectivity index (χ2n) is 5.09. The molecule has 0 radical (unpaired) electrons. The second kappa shape index (κ2) is 8.47. The number of hydrogen-bond acceptors (Lipinski definition) is 8. The number of H-pyrrole nitrogens is 2. The first-order valence-electron chi connectivity index (χ1n) is 7.68. The Hall–Kier alpha value is -3.89. The zero-order valence-electron chi connectivity index (χ0n) is 14.2. The van der Waals surface area contributed by atoms with Crippen LogP contribution in [0.5, 0.6) is 0 Å². The fourth-order valence-corrected chi connectivity index (χ4v) is 2.03. The maximum atomic E-state index is 12.0. The fraction of sp³-hybridized carbons (Fsp3) is 0.188. The number of nitrogens with one attached hydrogen (secondary N) is 3. The van der Waals surface area contributed by atoms with E-state index in [4.69, 9.17) is 15.2 Å². The predicted molar refractivity (Wildman–Crippen MR) is 93.4 cm³/mol. The smallest absolute Gasteiger partial charge is 0.357 e. The Morgan fingerprint density at radius 1 is 1.07 bits per heavy atom. The highest BCUT2D eigenvalue weighted by Gasteiger charge is 2.18. The Morgan fingerprint density at radius 3 is 2.48 bits per heavy atom.